The van der Waals surface area contributed by atoms with Crippen LogP contribution in [0.3, 0.4) is 0 Å². The van der Waals surface area contributed by atoms with Gasteiger partial charge in [0.1, 0.15) is 11.1 Å². The Hall–Kier alpha value is -3.78. The predicted octanol–water partition coefficient (Wildman–Crippen LogP) is 3.88. The smallest absolute Gasteiger partial charge is 0.349 e. The Kier molecular flexibility index (Phi) is 5.40. The number of carbonyl (C=O) groups excluding carboxylic acids is 2. The van der Waals surface area contributed by atoms with Gasteiger partial charge in [-0.1, -0.05) is 48.5 Å². The van der Waals surface area contributed by atoms with Gasteiger partial charge in [-0.3, -0.25) is 14.9 Å². The molecule has 0 radical (unpaired) electrons. The summed E-state index contributed by atoms with van der Waals surface area (Å²) in [6.45, 7) is 0. The number of nitrogens with one attached hydrogen (secondary N) is 1. The van der Waals surface area contributed by atoms with Crippen LogP contribution >= 0.6 is 11.3 Å². The summed E-state index contributed by atoms with van der Waals surface area (Å²) in [6.07, 6.45) is 0.0202. The predicted molar refractivity (Wildman–Crippen MR) is 114 cm³/mol. The van der Waals surface area contributed by atoms with Crippen LogP contribution < -0.4 is 10.9 Å². The molecule has 4 rings (SSSR count). The van der Waals surface area contributed by atoms with Crippen LogP contribution in [0.5, 0.6) is 0 Å². The van der Waals surface area contributed by atoms with Crippen molar-refractivity contribution in [3.8, 4) is 11.3 Å². The summed E-state index contributed by atoms with van der Waals surface area (Å²) in [7, 11) is 1.31. The van der Waals surface area contributed by atoms with Crippen LogP contribution in [0.4, 0.5) is 5.13 Å². The highest BCUT2D eigenvalue weighted by molar-refractivity contribution is 7.16. The van der Waals surface area contributed by atoms with Gasteiger partial charge in [-0.25, -0.2) is 9.78 Å². The minimum Gasteiger partial charge on any atom is -0.469 e. The molecule has 7 nitrogen and oxygen atoms in total. The summed E-state index contributed by atoms with van der Waals surface area (Å²) in [5.74, 6) is -1.05. The Labute approximate surface area is 174 Å². The number of methoxy groups -OCH3 is 1. The van der Waals surface area contributed by atoms with Crippen LogP contribution in [0.25, 0.3) is 22.2 Å². The maximum Gasteiger partial charge on any atom is 0.349 e. The van der Waals surface area contributed by atoms with E-state index in [0.29, 0.717) is 21.5 Å². The minimum atomic E-state index is -0.735. The second-order valence-electron chi connectivity index (χ2n) is 6.35. The second-order valence-corrected chi connectivity index (χ2v) is 7.43. The van der Waals surface area contributed by atoms with E-state index in [1.165, 1.54) is 13.2 Å². The maximum absolute atomic E-state index is 12.7. The largest absolute Gasteiger partial charge is 0.469 e. The highest BCUT2D eigenvalue weighted by atomic mass is 32.1. The molecule has 0 bridgehead atoms. The van der Waals surface area contributed by atoms with E-state index in [4.69, 9.17) is 9.15 Å². The van der Waals surface area contributed by atoms with Gasteiger partial charge in [-0.05, 0) is 12.1 Å². The van der Waals surface area contributed by atoms with Gasteiger partial charge in [0.2, 0.25) is 0 Å². The number of hydrogen-bond acceptors (Lipinski definition) is 7. The molecule has 0 unspecified atom stereocenters. The van der Waals surface area contributed by atoms with E-state index >= 15 is 0 Å². The molecule has 0 aliphatic rings. The first-order chi connectivity index (χ1) is 14.5. The van der Waals surface area contributed by atoms with Crippen molar-refractivity contribution in [3.05, 3.63) is 81.5 Å². The Morgan fingerprint density at radius 2 is 1.83 bits per heavy atom. The van der Waals surface area contributed by atoms with Crippen molar-refractivity contribution in [2.75, 3.05) is 12.4 Å². The number of anilines is 1. The summed E-state index contributed by atoms with van der Waals surface area (Å²) in [5, 5.41) is 3.55. The van der Waals surface area contributed by atoms with Crippen LogP contribution in [-0.2, 0) is 16.0 Å². The lowest BCUT2D eigenvalue weighted by atomic mass is 10.1. The molecule has 0 spiro atoms. The fourth-order valence-corrected chi connectivity index (χ4v) is 3.90. The van der Waals surface area contributed by atoms with Gasteiger partial charge in [-0.2, -0.15) is 0 Å². The highest BCUT2D eigenvalue weighted by Gasteiger charge is 2.20. The number of hydrogen-bond donors (Lipinski definition) is 1. The van der Waals surface area contributed by atoms with Crippen molar-refractivity contribution < 1.29 is 18.7 Å². The summed E-state index contributed by atoms with van der Waals surface area (Å²) < 4.78 is 9.98. The van der Waals surface area contributed by atoms with E-state index < -0.39 is 17.5 Å². The number of esters is 1. The second kappa shape index (κ2) is 8.30. The first kappa shape index (κ1) is 19.5. The Morgan fingerprint density at radius 3 is 2.60 bits per heavy atom. The normalized spacial score (nSPS) is 10.7. The number of benzene rings is 2. The maximum atomic E-state index is 12.7. The van der Waals surface area contributed by atoms with Crippen molar-refractivity contribution >= 4 is 39.3 Å². The van der Waals surface area contributed by atoms with Gasteiger partial charge in [0.15, 0.2) is 5.13 Å². The number of carbonyl (C=O) groups is 2. The fourth-order valence-electron chi connectivity index (χ4n) is 2.93. The van der Waals surface area contributed by atoms with E-state index in [-0.39, 0.29) is 17.1 Å². The third-order valence-electron chi connectivity index (χ3n) is 4.38. The van der Waals surface area contributed by atoms with Crippen molar-refractivity contribution in [2.45, 2.75) is 6.42 Å². The van der Waals surface area contributed by atoms with Crippen molar-refractivity contribution in [2.24, 2.45) is 0 Å². The van der Waals surface area contributed by atoms with Crippen LogP contribution in [0, 0.1) is 0 Å². The average Bonchev–Trinajstić information content (AvgIpc) is 3.15. The van der Waals surface area contributed by atoms with Gasteiger partial charge in [-0.15, -0.1) is 11.3 Å². The average molecular weight is 420 g/mol. The molecule has 0 aliphatic heterocycles. The van der Waals surface area contributed by atoms with Crippen molar-refractivity contribution in [1.29, 1.82) is 0 Å². The van der Waals surface area contributed by atoms with Crippen LogP contribution in [0.15, 0.2) is 69.9 Å². The number of rotatable bonds is 5. The molecule has 0 fully saturated rings. The van der Waals surface area contributed by atoms with Crippen molar-refractivity contribution in [3.63, 3.8) is 0 Å². The third-order valence-corrected chi connectivity index (χ3v) is 5.35. The zero-order valence-electron chi connectivity index (χ0n) is 15.9. The zero-order valence-corrected chi connectivity index (χ0v) is 16.7. The van der Waals surface area contributed by atoms with Crippen LogP contribution in [0.2, 0.25) is 0 Å². The molecular formula is C22H16N2O5S. The summed E-state index contributed by atoms with van der Waals surface area (Å²) in [5.41, 5.74) is 0.922. The van der Waals surface area contributed by atoms with E-state index in [0.717, 1.165) is 16.9 Å². The molecule has 2 aromatic heterocycles. The number of nitrogens with zero attached hydrogens (tertiary/aromatic N) is 1. The minimum absolute atomic E-state index is 0.0202. The molecule has 150 valence electrons. The Morgan fingerprint density at radius 1 is 1.10 bits per heavy atom. The lowest BCUT2D eigenvalue weighted by Gasteiger charge is -2.02. The number of ether oxygens (including phenoxy) is 1. The van der Waals surface area contributed by atoms with Crippen molar-refractivity contribution in [1.82, 2.24) is 4.98 Å². The lowest BCUT2D eigenvalue weighted by molar-refractivity contribution is -0.139. The van der Waals surface area contributed by atoms with Gasteiger partial charge in [0.05, 0.1) is 19.2 Å². The molecule has 4 aromatic rings. The molecular weight excluding hydrogens is 404 g/mol. The summed E-state index contributed by atoms with van der Waals surface area (Å²) in [4.78, 5) is 41.9. The standard InChI is InChI=1S/C22H16N2O5S/c1-28-18(25)12-17-19(13-7-3-2-4-8-13)23-22(30-17)24-20(26)15-11-14-9-5-6-10-16(14)29-21(15)27/h2-11H,12H2,1H3,(H,23,24,26). The number of para-hydroxylation sites is 1. The third kappa shape index (κ3) is 3.99. The quantitative estimate of drug-likeness (QED) is 0.389. The molecule has 1 amide bonds. The van der Waals surface area contributed by atoms with Gasteiger partial charge in [0.25, 0.3) is 5.91 Å². The number of thiazole rings is 1. The van der Waals surface area contributed by atoms with Gasteiger partial charge < -0.3 is 9.15 Å². The first-order valence-electron chi connectivity index (χ1n) is 9.01. The summed E-state index contributed by atoms with van der Waals surface area (Å²) >= 11 is 1.15. The molecule has 8 heteroatoms. The zero-order chi connectivity index (χ0) is 21.1. The van der Waals surface area contributed by atoms with E-state index in [1.807, 2.05) is 30.3 Å². The van der Waals surface area contributed by atoms with Gasteiger partial charge in [0, 0.05) is 15.8 Å². The topological polar surface area (TPSA) is 98.5 Å². The van der Waals surface area contributed by atoms with Crippen LogP contribution in [-0.4, -0.2) is 24.0 Å². The molecule has 0 atom stereocenters. The SMILES string of the molecule is COC(=O)Cc1sc(NC(=O)c2cc3ccccc3oc2=O)nc1-c1ccccc1. The van der Waals surface area contributed by atoms with Gasteiger partial charge >= 0.3 is 11.6 Å². The Bertz CT molecular complexity index is 1290. The fraction of sp³-hybridized carbons (Fsp3) is 0.0909. The molecule has 0 saturated carbocycles. The number of fused-ring (bicyclic) bond motifs is 1. The van der Waals surface area contributed by atoms with E-state index in [9.17, 15) is 14.4 Å². The molecule has 1 N–H and O–H groups in total. The van der Waals surface area contributed by atoms with Crippen LogP contribution in [0.1, 0.15) is 15.2 Å². The number of aromatic nitrogens is 1. The molecule has 0 saturated heterocycles. The molecule has 2 aromatic carbocycles. The first-order valence-corrected chi connectivity index (χ1v) is 9.83. The summed E-state index contributed by atoms with van der Waals surface area (Å²) in [6, 6.07) is 17.7. The van der Waals surface area contributed by atoms with E-state index in [2.05, 4.69) is 10.3 Å². The monoisotopic (exact) mass is 420 g/mol. The Balaban J connectivity index is 1.67. The highest BCUT2D eigenvalue weighted by Crippen LogP contribution is 2.32. The lowest BCUT2D eigenvalue weighted by Crippen LogP contribution is -2.20. The van der Waals surface area contributed by atoms with E-state index in [1.54, 1.807) is 24.3 Å². The number of amides is 1. The molecule has 0 aliphatic carbocycles. The molecule has 30 heavy (non-hydrogen) atoms. The molecule has 2 heterocycles.